The molecule has 18 heavy (non-hydrogen) atoms. The van der Waals surface area contributed by atoms with Crippen LogP contribution in [0.5, 0.6) is 0 Å². The van der Waals surface area contributed by atoms with E-state index in [0.29, 0.717) is 5.57 Å². The number of hydrogen-bond acceptors (Lipinski definition) is 2. The second kappa shape index (κ2) is 3.95. The van der Waals surface area contributed by atoms with Crippen molar-refractivity contribution in [1.29, 1.82) is 0 Å². The van der Waals surface area contributed by atoms with Crippen molar-refractivity contribution in [2.24, 2.45) is 5.73 Å². The molecule has 3 rings (SSSR count). The SMILES string of the molecule is CN1CCC2(C=C(C(N)=O)c3ccccc32)CC1. The summed E-state index contributed by atoms with van der Waals surface area (Å²) >= 11 is 0. The van der Waals surface area contributed by atoms with Crippen molar-refractivity contribution in [2.45, 2.75) is 18.3 Å². The average molecular weight is 242 g/mol. The number of carbonyl (C=O) groups excluding carboxylic acids is 1. The first-order valence-electron chi connectivity index (χ1n) is 6.43. The fourth-order valence-corrected chi connectivity index (χ4v) is 3.22. The van der Waals surface area contributed by atoms with E-state index in [-0.39, 0.29) is 11.3 Å². The molecule has 0 atom stereocenters. The topological polar surface area (TPSA) is 46.3 Å². The number of rotatable bonds is 1. The first kappa shape index (κ1) is 11.5. The maximum absolute atomic E-state index is 11.6. The molecule has 0 aromatic heterocycles. The van der Waals surface area contributed by atoms with Gasteiger partial charge in [-0.25, -0.2) is 0 Å². The Hall–Kier alpha value is -1.61. The van der Waals surface area contributed by atoms with Gasteiger partial charge in [-0.3, -0.25) is 4.79 Å². The minimum absolute atomic E-state index is 0.0352. The third-order valence-electron chi connectivity index (χ3n) is 4.32. The Bertz CT molecular complexity index is 525. The molecule has 3 heteroatoms. The molecular weight excluding hydrogens is 224 g/mol. The van der Waals surface area contributed by atoms with Crippen LogP contribution in [0.4, 0.5) is 0 Å². The standard InChI is InChI=1S/C15H18N2O/c1-17-8-6-15(7-9-17)10-12(14(16)18)11-4-2-3-5-13(11)15/h2-5,10H,6-9H2,1H3,(H2,16,18). The van der Waals surface area contributed by atoms with Crippen LogP contribution in [0.2, 0.25) is 0 Å². The highest BCUT2D eigenvalue weighted by Gasteiger charge is 2.40. The second-order valence-corrected chi connectivity index (χ2v) is 5.43. The van der Waals surface area contributed by atoms with Crippen LogP contribution in [0.1, 0.15) is 24.0 Å². The maximum Gasteiger partial charge on any atom is 0.249 e. The van der Waals surface area contributed by atoms with E-state index >= 15 is 0 Å². The highest BCUT2D eigenvalue weighted by atomic mass is 16.1. The van der Waals surface area contributed by atoms with Gasteiger partial charge in [-0.05, 0) is 44.1 Å². The van der Waals surface area contributed by atoms with E-state index in [1.165, 1.54) is 5.56 Å². The van der Waals surface area contributed by atoms with Crippen molar-refractivity contribution in [1.82, 2.24) is 4.90 Å². The Kier molecular flexibility index (Phi) is 2.52. The van der Waals surface area contributed by atoms with Crippen molar-refractivity contribution >= 4 is 11.5 Å². The zero-order chi connectivity index (χ0) is 12.8. The molecule has 1 fully saturated rings. The zero-order valence-corrected chi connectivity index (χ0v) is 10.6. The summed E-state index contributed by atoms with van der Waals surface area (Å²) in [6.45, 7) is 2.13. The minimum Gasteiger partial charge on any atom is -0.366 e. The highest BCUT2D eigenvalue weighted by Crippen LogP contribution is 2.46. The number of benzene rings is 1. The van der Waals surface area contributed by atoms with Crippen LogP contribution in [0.25, 0.3) is 5.57 Å². The van der Waals surface area contributed by atoms with E-state index in [2.05, 4.69) is 30.2 Å². The van der Waals surface area contributed by atoms with Gasteiger partial charge in [-0.1, -0.05) is 30.3 Å². The summed E-state index contributed by atoms with van der Waals surface area (Å²) in [6, 6.07) is 8.19. The molecule has 1 aliphatic carbocycles. The number of nitrogens with zero attached hydrogens (tertiary/aromatic N) is 1. The lowest BCUT2D eigenvalue weighted by Gasteiger charge is -2.37. The van der Waals surface area contributed by atoms with Gasteiger partial charge in [-0.2, -0.15) is 0 Å². The summed E-state index contributed by atoms with van der Waals surface area (Å²) in [7, 11) is 2.15. The molecule has 2 N–H and O–H groups in total. The first-order chi connectivity index (χ1) is 8.62. The molecule has 1 saturated heterocycles. The monoisotopic (exact) mass is 242 g/mol. The summed E-state index contributed by atoms with van der Waals surface area (Å²) in [5.74, 6) is -0.307. The Morgan fingerprint density at radius 3 is 2.61 bits per heavy atom. The molecule has 1 spiro atoms. The third kappa shape index (κ3) is 1.58. The predicted octanol–water partition coefficient (Wildman–Crippen LogP) is 1.53. The van der Waals surface area contributed by atoms with E-state index in [9.17, 15) is 4.79 Å². The Balaban J connectivity index is 2.09. The molecule has 3 nitrogen and oxygen atoms in total. The van der Waals surface area contributed by atoms with Gasteiger partial charge < -0.3 is 10.6 Å². The van der Waals surface area contributed by atoms with Gasteiger partial charge in [0.1, 0.15) is 0 Å². The quantitative estimate of drug-likeness (QED) is 0.812. The molecule has 0 bridgehead atoms. The van der Waals surface area contributed by atoms with Crippen LogP contribution in [0.3, 0.4) is 0 Å². The lowest BCUT2D eigenvalue weighted by molar-refractivity contribution is -0.112. The number of nitrogens with two attached hydrogens (primary N) is 1. The number of amides is 1. The van der Waals surface area contributed by atoms with E-state index in [4.69, 9.17) is 5.73 Å². The molecule has 1 heterocycles. The largest absolute Gasteiger partial charge is 0.366 e. The number of hydrogen-bond donors (Lipinski definition) is 1. The summed E-state index contributed by atoms with van der Waals surface area (Å²) in [6.07, 6.45) is 4.25. The molecule has 1 aliphatic heterocycles. The molecule has 1 amide bonds. The van der Waals surface area contributed by atoms with Crippen LogP contribution >= 0.6 is 0 Å². The molecule has 1 aromatic carbocycles. The molecule has 1 aromatic rings. The Labute approximate surface area is 107 Å². The number of carbonyl (C=O) groups is 1. The summed E-state index contributed by atoms with van der Waals surface area (Å²) < 4.78 is 0. The fourth-order valence-electron chi connectivity index (χ4n) is 3.22. The van der Waals surface area contributed by atoms with E-state index < -0.39 is 0 Å². The number of likely N-dealkylation sites (tertiary alicyclic amines) is 1. The molecule has 0 radical (unpaired) electrons. The van der Waals surface area contributed by atoms with Gasteiger partial charge in [0.05, 0.1) is 0 Å². The van der Waals surface area contributed by atoms with Crippen LogP contribution in [0.15, 0.2) is 30.3 Å². The van der Waals surface area contributed by atoms with Gasteiger partial charge >= 0.3 is 0 Å². The Morgan fingerprint density at radius 2 is 1.94 bits per heavy atom. The molecule has 94 valence electrons. The van der Waals surface area contributed by atoms with Gasteiger partial charge in [0.25, 0.3) is 0 Å². The normalized spacial score (nSPS) is 21.7. The van der Waals surface area contributed by atoms with Gasteiger partial charge in [0, 0.05) is 11.0 Å². The summed E-state index contributed by atoms with van der Waals surface area (Å²) in [4.78, 5) is 13.9. The highest BCUT2D eigenvalue weighted by molar-refractivity contribution is 6.20. The van der Waals surface area contributed by atoms with Gasteiger partial charge in [-0.15, -0.1) is 0 Å². The first-order valence-corrected chi connectivity index (χ1v) is 6.43. The number of fused-ring (bicyclic) bond motifs is 2. The van der Waals surface area contributed by atoms with E-state index in [0.717, 1.165) is 31.5 Å². The van der Waals surface area contributed by atoms with Crippen LogP contribution in [-0.2, 0) is 10.2 Å². The van der Waals surface area contributed by atoms with Gasteiger partial charge in [0.2, 0.25) is 5.91 Å². The van der Waals surface area contributed by atoms with Crippen molar-refractivity contribution in [3.63, 3.8) is 0 Å². The molecule has 0 saturated carbocycles. The predicted molar refractivity (Wildman–Crippen MR) is 72.0 cm³/mol. The second-order valence-electron chi connectivity index (χ2n) is 5.43. The maximum atomic E-state index is 11.6. The van der Waals surface area contributed by atoms with Crippen molar-refractivity contribution in [2.75, 3.05) is 20.1 Å². The number of piperidine rings is 1. The van der Waals surface area contributed by atoms with Crippen LogP contribution in [-0.4, -0.2) is 30.9 Å². The van der Waals surface area contributed by atoms with Crippen LogP contribution < -0.4 is 5.73 Å². The van der Waals surface area contributed by atoms with Crippen LogP contribution in [0, 0.1) is 0 Å². The summed E-state index contributed by atoms with van der Waals surface area (Å²) in [5, 5.41) is 0. The smallest absolute Gasteiger partial charge is 0.249 e. The average Bonchev–Trinajstić information content (AvgIpc) is 2.69. The van der Waals surface area contributed by atoms with Crippen molar-refractivity contribution in [3.05, 3.63) is 41.5 Å². The van der Waals surface area contributed by atoms with E-state index in [1.807, 2.05) is 12.1 Å². The lowest BCUT2D eigenvalue weighted by Crippen LogP contribution is -2.38. The molecule has 0 unspecified atom stereocenters. The van der Waals surface area contributed by atoms with Crippen molar-refractivity contribution in [3.8, 4) is 0 Å². The lowest BCUT2D eigenvalue weighted by atomic mass is 9.75. The molecule has 2 aliphatic rings. The molecular formula is C15H18N2O. The Morgan fingerprint density at radius 1 is 1.28 bits per heavy atom. The number of primary amides is 1. The zero-order valence-electron chi connectivity index (χ0n) is 10.6. The third-order valence-corrected chi connectivity index (χ3v) is 4.32. The van der Waals surface area contributed by atoms with E-state index in [1.54, 1.807) is 0 Å². The van der Waals surface area contributed by atoms with Gasteiger partial charge in [0.15, 0.2) is 0 Å². The minimum atomic E-state index is -0.307. The number of allylic oxidation sites excluding steroid dienone is 1. The summed E-state index contributed by atoms with van der Waals surface area (Å²) in [5.41, 5.74) is 8.57. The fraction of sp³-hybridized carbons (Fsp3) is 0.400. The van der Waals surface area contributed by atoms with Crippen molar-refractivity contribution < 1.29 is 4.79 Å².